The lowest BCUT2D eigenvalue weighted by molar-refractivity contribution is -0.118. The first-order valence-electron chi connectivity index (χ1n) is 4.46. The third kappa shape index (κ3) is 1.63. The van der Waals surface area contributed by atoms with E-state index in [1.54, 1.807) is 12.1 Å². The van der Waals surface area contributed by atoms with Crippen LogP contribution in [-0.4, -0.2) is 10.5 Å². The number of aryl methyl sites for hydroxylation is 1. The molecule has 0 bridgehead atoms. The van der Waals surface area contributed by atoms with Crippen molar-refractivity contribution in [1.82, 2.24) is 4.57 Å². The highest BCUT2D eigenvalue weighted by molar-refractivity contribution is 5.78. The molecule has 0 unspecified atom stereocenters. The van der Waals surface area contributed by atoms with Gasteiger partial charge in [-0.2, -0.15) is 0 Å². The van der Waals surface area contributed by atoms with Gasteiger partial charge in [0.15, 0.2) is 5.58 Å². The lowest BCUT2D eigenvalue weighted by Gasteiger charge is -1.98. The molecule has 15 heavy (non-hydrogen) atoms. The van der Waals surface area contributed by atoms with Gasteiger partial charge in [-0.15, -0.1) is 0 Å². The van der Waals surface area contributed by atoms with Crippen LogP contribution in [0, 0.1) is 6.92 Å². The van der Waals surface area contributed by atoms with Gasteiger partial charge in [0, 0.05) is 0 Å². The predicted molar refractivity (Wildman–Crippen MR) is 54.4 cm³/mol. The van der Waals surface area contributed by atoms with Gasteiger partial charge in [-0.05, 0) is 24.6 Å². The molecule has 0 aliphatic heterocycles. The summed E-state index contributed by atoms with van der Waals surface area (Å²) in [7, 11) is 0. The van der Waals surface area contributed by atoms with Crippen LogP contribution in [0.25, 0.3) is 11.1 Å². The zero-order valence-electron chi connectivity index (χ0n) is 8.19. The van der Waals surface area contributed by atoms with Crippen molar-refractivity contribution in [2.24, 2.45) is 5.73 Å². The summed E-state index contributed by atoms with van der Waals surface area (Å²) in [6, 6.07) is 5.31. The number of carbonyl (C=O) groups is 1. The molecule has 0 aliphatic carbocycles. The highest BCUT2D eigenvalue weighted by Crippen LogP contribution is 2.14. The van der Waals surface area contributed by atoms with Gasteiger partial charge in [-0.25, -0.2) is 4.79 Å². The third-order valence-electron chi connectivity index (χ3n) is 2.14. The minimum Gasteiger partial charge on any atom is -0.408 e. The quantitative estimate of drug-likeness (QED) is 0.771. The first-order valence-corrected chi connectivity index (χ1v) is 4.46. The molecule has 0 atom stereocenters. The Bertz CT molecular complexity index is 580. The van der Waals surface area contributed by atoms with Crippen LogP contribution in [-0.2, 0) is 11.3 Å². The Kier molecular flexibility index (Phi) is 2.07. The van der Waals surface area contributed by atoms with E-state index < -0.39 is 11.7 Å². The molecule has 2 rings (SSSR count). The largest absolute Gasteiger partial charge is 0.420 e. The Morgan fingerprint density at radius 2 is 2.27 bits per heavy atom. The molecule has 1 amide bonds. The van der Waals surface area contributed by atoms with E-state index in [1.165, 1.54) is 4.57 Å². The van der Waals surface area contributed by atoms with Crippen LogP contribution < -0.4 is 11.5 Å². The van der Waals surface area contributed by atoms with E-state index in [0.717, 1.165) is 5.56 Å². The molecule has 0 saturated heterocycles. The number of carbonyl (C=O) groups excluding carboxylic acids is 1. The average Bonchev–Trinajstić information content (AvgIpc) is 2.43. The summed E-state index contributed by atoms with van der Waals surface area (Å²) in [5, 5.41) is 0. The fraction of sp³-hybridized carbons (Fsp3) is 0.200. The van der Waals surface area contributed by atoms with Crippen LogP contribution in [0.3, 0.4) is 0 Å². The second kappa shape index (κ2) is 3.27. The SMILES string of the molecule is Cc1ccc2oc(=O)n(CC(N)=O)c2c1. The number of rotatable bonds is 2. The van der Waals surface area contributed by atoms with Crippen molar-refractivity contribution in [1.29, 1.82) is 0 Å². The van der Waals surface area contributed by atoms with Gasteiger partial charge >= 0.3 is 5.76 Å². The summed E-state index contributed by atoms with van der Waals surface area (Å²) in [6.07, 6.45) is 0. The van der Waals surface area contributed by atoms with Gasteiger partial charge in [-0.3, -0.25) is 9.36 Å². The zero-order valence-corrected chi connectivity index (χ0v) is 8.19. The molecular formula is C10H10N2O3. The Hall–Kier alpha value is -2.04. The molecule has 5 heteroatoms. The van der Waals surface area contributed by atoms with E-state index in [2.05, 4.69) is 0 Å². The van der Waals surface area contributed by atoms with Crippen LogP contribution in [0.5, 0.6) is 0 Å². The number of nitrogens with two attached hydrogens (primary N) is 1. The smallest absolute Gasteiger partial charge is 0.408 e. The van der Waals surface area contributed by atoms with Gasteiger partial charge in [0.1, 0.15) is 6.54 Å². The van der Waals surface area contributed by atoms with Gasteiger partial charge in [0.25, 0.3) is 0 Å². The van der Waals surface area contributed by atoms with E-state index in [0.29, 0.717) is 11.1 Å². The second-order valence-electron chi connectivity index (χ2n) is 3.39. The van der Waals surface area contributed by atoms with Gasteiger partial charge in [0.05, 0.1) is 5.52 Å². The maximum atomic E-state index is 11.4. The Balaban J connectivity index is 2.70. The van der Waals surface area contributed by atoms with Crippen molar-refractivity contribution in [3.8, 4) is 0 Å². The number of hydrogen-bond donors (Lipinski definition) is 1. The molecule has 5 nitrogen and oxygen atoms in total. The van der Waals surface area contributed by atoms with E-state index in [4.69, 9.17) is 10.2 Å². The highest BCUT2D eigenvalue weighted by Gasteiger charge is 2.10. The van der Waals surface area contributed by atoms with Gasteiger partial charge in [-0.1, -0.05) is 6.07 Å². The molecule has 0 spiro atoms. The fourth-order valence-corrected chi connectivity index (χ4v) is 1.48. The number of aromatic nitrogens is 1. The zero-order chi connectivity index (χ0) is 11.0. The van der Waals surface area contributed by atoms with Crippen LogP contribution in [0.2, 0.25) is 0 Å². The van der Waals surface area contributed by atoms with E-state index in [1.807, 2.05) is 13.0 Å². The summed E-state index contributed by atoms with van der Waals surface area (Å²) < 4.78 is 6.18. The first-order chi connectivity index (χ1) is 7.08. The van der Waals surface area contributed by atoms with Crippen molar-refractivity contribution >= 4 is 17.0 Å². The van der Waals surface area contributed by atoms with Crippen molar-refractivity contribution in [2.75, 3.05) is 0 Å². The number of nitrogens with zero attached hydrogens (tertiary/aromatic N) is 1. The number of amides is 1. The lowest BCUT2D eigenvalue weighted by Crippen LogP contribution is -2.24. The maximum absolute atomic E-state index is 11.4. The molecule has 0 radical (unpaired) electrons. The normalized spacial score (nSPS) is 10.7. The summed E-state index contributed by atoms with van der Waals surface area (Å²) in [5.74, 6) is -1.13. The van der Waals surface area contributed by atoms with Gasteiger partial charge < -0.3 is 10.2 Å². The van der Waals surface area contributed by atoms with Crippen LogP contribution in [0.4, 0.5) is 0 Å². The highest BCUT2D eigenvalue weighted by atomic mass is 16.4. The third-order valence-corrected chi connectivity index (χ3v) is 2.14. The maximum Gasteiger partial charge on any atom is 0.420 e. The molecule has 1 heterocycles. The van der Waals surface area contributed by atoms with Crippen LogP contribution in [0.1, 0.15) is 5.56 Å². The summed E-state index contributed by atoms with van der Waals surface area (Å²) in [5.41, 5.74) is 7.09. The monoisotopic (exact) mass is 206 g/mol. The average molecular weight is 206 g/mol. The Morgan fingerprint density at radius 1 is 1.53 bits per heavy atom. The van der Waals surface area contributed by atoms with E-state index >= 15 is 0 Å². The molecule has 0 aliphatic rings. The van der Waals surface area contributed by atoms with E-state index in [9.17, 15) is 9.59 Å². The van der Waals surface area contributed by atoms with Crippen molar-refractivity contribution < 1.29 is 9.21 Å². The van der Waals surface area contributed by atoms with Crippen molar-refractivity contribution in [3.05, 3.63) is 34.3 Å². The molecule has 1 aromatic carbocycles. The van der Waals surface area contributed by atoms with Crippen LogP contribution >= 0.6 is 0 Å². The van der Waals surface area contributed by atoms with Crippen molar-refractivity contribution in [3.63, 3.8) is 0 Å². The van der Waals surface area contributed by atoms with Crippen LogP contribution in [0.15, 0.2) is 27.4 Å². The molecule has 2 N–H and O–H groups in total. The molecule has 1 aromatic heterocycles. The number of fused-ring (bicyclic) bond motifs is 1. The molecular weight excluding hydrogens is 196 g/mol. The number of primary amides is 1. The molecule has 0 fully saturated rings. The van der Waals surface area contributed by atoms with Crippen molar-refractivity contribution in [2.45, 2.75) is 13.5 Å². The molecule has 2 aromatic rings. The predicted octanol–water partition coefficient (Wildman–Crippen LogP) is 0.388. The minimum atomic E-state index is -0.568. The lowest BCUT2D eigenvalue weighted by atomic mass is 10.2. The second-order valence-corrected chi connectivity index (χ2v) is 3.39. The number of oxazole rings is 1. The number of hydrogen-bond acceptors (Lipinski definition) is 3. The summed E-state index contributed by atoms with van der Waals surface area (Å²) in [4.78, 5) is 22.1. The topological polar surface area (TPSA) is 78.2 Å². The Morgan fingerprint density at radius 3 is 2.93 bits per heavy atom. The Labute approximate surface area is 85.1 Å². The molecule has 78 valence electrons. The fourth-order valence-electron chi connectivity index (χ4n) is 1.48. The first kappa shape index (κ1) is 9.51. The summed E-state index contributed by atoms with van der Waals surface area (Å²) in [6.45, 7) is 1.74. The number of benzene rings is 1. The molecule has 0 saturated carbocycles. The minimum absolute atomic E-state index is 0.157. The summed E-state index contributed by atoms with van der Waals surface area (Å²) >= 11 is 0. The van der Waals surface area contributed by atoms with Gasteiger partial charge in [0.2, 0.25) is 5.91 Å². The standard InChI is InChI=1S/C10H10N2O3/c1-6-2-3-8-7(4-6)12(5-9(11)13)10(14)15-8/h2-4H,5H2,1H3,(H2,11,13). The van der Waals surface area contributed by atoms with E-state index in [-0.39, 0.29) is 6.54 Å².